The molecule has 0 saturated carbocycles. The average molecular weight is 478 g/mol. The van der Waals surface area contributed by atoms with Gasteiger partial charge in [0.25, 0.3) is 15.6 Å². The molecule has 3 aromatic rings. The number of halogens is 1. The van der Waals surface area contributed by atoms with E-state index < -0.39 is 27.7 Å². The van der Waals surface area contributed by atoms with Crippen LogP contribution in [0.25, 0.3) is 5.69 Å². The highest BCUT2D eigenvalue weighted by atomic mass is 35.5. The van der Waals surface area contributed by atoms with Gasteiger partial charge in [-0.3, -0.25) is 13.8 Å². The van der Waals surface area contributed by atoms with E-state index in [4.69, 9.17) is 16.3 Å². The second-order valence-corrected chi connectivity index (χ2v) is 9.85. The molecule has 0 aliphatic heterocycles. The van der Waals surface area contributed by atoms with Crippen molar-refractivity contribution in [1.29, 1.82) is 0 Å². The van der Waals surface area contributed by atoms with E-state index in [1.54, 1.807) is 56.8 Å². The molecular formula is C22H24ClN3O5S. The van der Waals surface area contributed by atoms with Crippen LogP contribution < -0.4 is 9.86 Å². The lowest BCUT2D eigenvalue weighted by Crippen LogP contribution is -2.32. The Morgan fingerprint density at radius 2 is 1.75 bits per heavy atom. The zero-order valence-electron chi connectivity index (χ0n) is 18.4. The number of sulfonamides is 1. The summed E-state index contributed by atoms with van der Waals surface area (Å²) in [7, 11) is -1.21. The van der Waals surface area contributed by atoms with Gasteiger partial charge in [-0.05, 0) is 51.1 Å². The van der Waals surface area contributed by atoms with Gasteiger partial charge in [0.05, 0.1) is 33.0 Å². The third-order valence-electron chi connectivity index (χ3n) is 5.00. The van der Waals surface area contributed by atoms with E-state index in [-0.39, 0.29) is 21.2 Å². The minimum Gasteiger partial charge on any atom is -0.459 e. The van der Waals surface area contributed by atoms with Crippen LogP contribution in [0.3, 0.4) is 0 Å². The fraction of sp³-hybridized carbons (Fsp3) is 0.273. The fourth-order valence-corrected chi connectivity index (χ4v) is 4.76. The second kappa shape index (κ2) is 8.84. The van der Waals surface area contributed by atoms with Crippen molar-refractivity contribution in [2.24, 2.45) is 7.05 Å². The molecule has 0 aliphatic carbocycles. The van der Waals surface area contributed by atoms with Crippen LogP contribution in [0.5, 0.6) is 0 Å². The molecule has 0 atom stereocenters. The molecule has 10 heteroatoms. The lowest BCUT2D eigenvalue weighted by Gasteiger charge is -2.19. The normalized spacial score (nSPS) is 11.6. The first kappa shape index (κ1) is 23.6. The Bertz CT molecular complexity index is 1330. The molecule has 0 radical (unpaired) electrons. The summed E-state index contributed by atoms with van der Waals surface area (Å²) in [6.45, 7) is 5.02. The first-order valence-corrected chi connectivity index (χ1v) is 11.6. The number of carbonyl (C=O) groups excluding carboxylic acids is 1. The molecule has 0 N–H and O–H groups in total. The van der Waals surface area contributed by atoms with Gasteiger partial charge in [-0.1, -0.05) is 29.8 Å². The Hall–Kier alpha value is -3.04. The molecule has 8 nitrogen and oxygen atoms in total. The van der Waals surface area contributed by atoms with Crippen molar-refractivity contribution in [3.8, 4) is 5.69 Å². The molecule has 32 heavy (non-hydrogen) atoms. The van der Waals surface area contributed by atoms with E-state index in [9.17, 15) is 18.0 Å². The standard InChI is InChI=1S/C22H24ClN3O5S/c1-14(2)31-22(28)18-13-17(11-12-19(18)23)32(29,30)25(5)20-15(3)24(4)26(21(20)27)16-9-7-6-8-10-16/h6-14H,1-5H3. The summed E-state index contributed by atoms with van der Waals surface area (Å²) in [5.41, 5.74) is 0.498. The zero-order chi connectivity index (χ0) is 23.8. The maximum absolute atomic E-state index is 13.4. The van der Waals surface area contributed by atoms with E-state index in [0.29, 0.717) is 11.4 Å². The predicted molar refractivity (Wildman–Crippen MR) is 123 cm³/mol. The molecule has 0 bridgehead atoms. The number of ether oxygens (including phenoxy) is 1. The van der Waals surface area contributed by atoms with Crippen LogP contribution in [0, 0.1) is 6.92 Å². The number of rotatable bonds is 6. The van der Waals surface area contributed by atoms with E-state index in [0.717, 1.165) is 10.4 Å². The maximum atomic E-state index is 13.4. The summed E-state index contributed by atoms with van der Waals surface area (Å²) in [4.78, 5) is 25.4. The molecule has 0 unspecified atom stereocenters. The molecular weight excluding hydrogens is 454 g/mol. The minimum atomic E-state index is -4.18. The van der Waals surface area contributed by atoms with E-state index >= 15 is 0 Å². The fourth-order valence-electron chi connectivity index (χ4n) is 3.29. The lowest BCUT2D eigenvalue weighted by molar-refractivity contribution is 0.0378. The smallest absolute Gasteiger partial charge is 0.339 e. The van der Waals surface area contributed by atoms with E-state index in [2.05, 4.69) is 0 Å². The summed E-state index contributed by atoms with van der Waals surface area (Å²) in [5, 5.41) is 0.0691. The van der Waals surface area contributed by atoms with Gasteiger partial charge in [-0.25, -0.2) is 17.9 Å². The van der Waals surface area contributed by atoms with Crippen molar-refractivity contribution in [2.75, 3.05) is 11.4 Å². The van der Waals surface area contributed by atoms with Gasteiger partial charge >= 0.3 is 5.97 Å². The van der Waals surface area contributed by atoms with Crippen LogP contribution in [-0.4, -0.2) is 36.9 Å². The SMILES string of the molecule is Cc1c(N(C)S(=O)(=O)c2ccc(Cl)c(C(=O)OC(C)C)c2)c(=O)n(-c2ccccc2)n1C. The maximum Gasteiger partial charge on any atom is 0.339 e. The molecule has 0 spiro atoms. The van der Waals surface area contributed by atoms with Gasteiger partial charge in [0.1, 0.15) is 5.69 Å². The van der Waals surface area contributed by atoms with Gasteiger partial charge in [-0.15, -0.1) is 0 Å². The average Bonchev–Trinajstić information content (AvgIpc) is 2.95. The molecule has 2 aromatic carbocycles. The predicted octanol–water partition coefficient (Wildman–Crippen LogP) is 3.53. The highest BCUT2D eigenvalue weighted by Gasteiger charge is 2.30. The molecule has 1 heterocycles. The van der Waals surface area contributed by atoms with Crippen LogP contribution >= 0.6 is 11.6 Å². The lowest BCUT2D eigenvalue weighted by atomic mass is 10.2. The summed E-state index contributed by atoms with van der Waals surface area (Å²) in [6, 6.07) is 12.7. The number of aromatic nitrogens is 2. The largest absolute Gasteiger partial charge is 0.459 e. The van der Waals surface area contributed by atoms with E-state index in [1.165, 1.54) is 23.9 Å². The molecule has 0 aliphatic rings. The molecule has 0 amide bonds. The molecule has 0 saturated heterocycles. The first-order chi connectivity index (χ1) is 15.0. The number of benzene rings is 2. The number of esters is 1. The van der Waals surface area contributed by atoms with Crippen LogP contribution in [-0.2, 0) is 21.8 Å². The Morgan fingerprint density at radius 3 is 2.34 bits per heavy atom. The number of carbonyl (C=O) groups is 1. The highest BCUT2D eigenvalue weighted by molar-refractivity contribution is 7.92. The van der Waals surface area contributed by atoms with Crippen molar-refractivity contribution in [1.82, 2.24) is 9.36 Å². The van der Waals surface area contributed by atoms with Crippen LogP contribution in [0.15, 0.2) is 58.2 Å². The summed E-state index contributed by atoms with van der Waals surface area (Å²) < 4.78 is 35.8. The van der Waals surface area contributed by atoms with Gasteiger partial charge in [0.2, 0.25) is 0 Å². The van der Waals surface area contributed by atoms with Crippen molar-refractivity contribution in [2.45, 2.75) is 31.8 Å². The van der Waals surface area contributed by atoms with Crippen LogP contribution in [0.2, 0.25) is 5.02 Å². The third-order valence-corrected chi connectivity index (χ3v) is 7.08. The van der Waals surface area contributed by atoms with Crippen molar-refractivity contribution in [3.05, 3.63) is 75.2 Å². The Balaban J connectivity index is 2.10. The summed E-state index contributed by atoms with van der Waals surface area (Å²) in [5.74, 6) is -0.730. The van der Waals surface area contributed by atoms with Crippen molar-refractivity contribution >= 4 is 33.3 Å². The Kier molecular flexibility index (Phi) is 6.52. The molecule has 170 valence electrons. The highest BCUT2D eigenvalue weighted by Crippen LogP contribution is 2.27. The van der Waals surface area contributed by atoms with Crippen molar-refractivity contribution in [3.63, 3.8) is 0 Å². The van der Waals surface area contributed by atoms with Crippen LogP contribution in [0.1, 0.15) is 29.9 Å². The van der Waals surface area contributed by atoms with Crippen LogP contribution in [0.4, 0.5) is 5.69 Å². The van der Waals surface area contributed by atoms with Gasteiger partial charge in [0, 0.05) is 14.1 Å². The topological polar surface area (TPSA) is 90.6 Å². The molecule has 3 rings (SSSR count). The number of para-hydroxylation sites is 1. The second-order valence-electron chi connectivity index (χ2n) is 7.48. The third kappa shape index (κ3) is 4.18. The number of nitrogens with zero attached hydrogens (tertiary/aromatic N) is 3. The van der Waals surface area contributed by atoms with Crippen molar-refractivity contribution < 1.29 is 17.9 Å². The molecule has 0 fully saturated rings. The zero-order valence-corrected chi connectivity index (χ0v) is 19.9. The van der Waals surface area contributed by atoms with Gasteiger partial charge in [-0.2, -0.15) is 0 Å². The number of hydrogen-bond donors (Lipinski definition) is 0. The first-order valence-electron chi connectivity index (χ1n) is 9.80. The van der Waals surface area contributed by atoms with Gasteiger partial charge in [0.15, 0.2) is 0 Å². The Labute approximate surface area is 191 Å². The monoisotopic (exact) mass is 477 g/mol. The number of anilines is 1. The quantitative estimate of drug-likeness (QED) is 0.506. The number of hydrogen-bond acceptors (Lipinski definition) is 5. The Morgan fingerprint density at radius 1 is 1.12 bits per heavy atom. The summed E-state index contributed by atoms with van der Waals surface area (Å²) >= 11 is 6.10. The van der Waals surface area contributed by atoms with E-state index in [1.807, 2.05) is 6.07 Å². The molecule has 1 aromatic heterocycles. The van der Waals surface area contributed by atoms with Gasteiger partial charge < -0.3 is 4.74 Å². The summed E-state index contributed by atoms with van der Waals surface area (Å²) in [6.07, 6.45) is -0.398. The minimum absolute atomic E-state index is 0.00221.